The molecule has 0 saturated carbocycles. The molecule has 8 aromatic carbocycles. The van der Waals surface area contributed by atoms with Crippen molar-refractivity contribution in [1.82, 2.24) is 24.1 Å². The number of aromatic nitrogens is 5. The Morgan fingerprint density at radius 3 is 1.61 bits per heavy atom. The van der Waals surface area contributed by atoms with Crippen LogP contribution in [0.5, 0.6) is 0 Å². The largest absolute Gasteiger partial charge is 0.309 e. The highest BCUT2D eigenvalue weighted by molar-refractivity contribution is 6.11. The number of rotatable bonds is 5. The summed E-state index contributed by atoms with van der Waals surface area (Å²) < 4.78 is 4.54. The van der Waals surface area contributed by atoms with Gasteiger partial charge in [-0.15, -0.1) is 0 Å². The van der Waals surface area contributed by atoms with Gasteiger partial charge in [0.25, 0.3) is 0 Å². The first-order valence-electron chi connectivity index (χ1n) is 18.2. The fourth-order valence-corrected chi connectivity index (χ4v) is 8.08. The molecule has 0 aliphatic heterocycles. The highest BCUT2D eigenvalue weighted by Gasteiger charge is 2.21. The van der Waals surface area contributed by atoms with Crippen LogP contribution in [0.25, 0.3) is 99.9 Å². The molecule has 54 heavy (non-hydrogen) atoms. The zero-order valence-corrected chi connectivity index (χ0v) is 29.1. The Labute approximate surface area is 311 Å². The van der Waals surface area contributed by atoms with E-state index in [4.69, 9.17) is 15.0 Å². The van der Waals surface area contributed by atoms with E-state index < -0.39 is 0 Å². The fourth-order valence-electron chi connectivity index (χ4n) is 8.08. The standard InChI is InChI=1S/C49H31N5/c1-2-14-32(15-3-1)35-28-29-40-39-20-8-12-24-44(39)54(46(40)31-35)49-51-47(36-27-26-33-16-4-5-17-34(33)30-36)50-48(52-49)41-21-9-13-25-45(41)53-42-22-10-6-18-37(42)38-19-7-11-23-43(38)53/h1-31H. The first-order valence-corrected chi connectivity index (χ1v) is 18.2. The second-order valence-corrected chi connectivity index (χ2v) is 13.7. The second kappa shape index (κ2) is 12.1. The van der Waals surface area contributed by atoms with Crippen molar-refractivity contribution in [3.05, 3.63) is 188 Å². The SMILES string of the molecule is c1ccc(-c2ccc3c4ccccc4n(-c4nc(-c5ccc6ccccc6c5)nc(-c5ccccc5-n5c6ccccc6c6ccccc65)n4)c3c2)cc1. The second-order valence-electron chi connectivity index (χ2n) is 13.7. The van der Waals surface area contributed by atoms with Crippen molar-refractivity contribution < 1.29 is 0 Å². The summed E-state index contributed by atoms with van der Waals surface area (Å²) in [7, 11) is 0. The number of benzene rings is 8. The Hall–Kier alpha value is -7.37. The highest BCUT2D eigenvalue weighted by atomic mass is 15.2. The number of para-hydroxylation sites is 4. The summed E-state index contributed by atoms with van der Waals surface area (Å²) in [5.41, 5.74) is 9.48. The van der Waals surface area contributed by atoms with Gasteiger partial charge in [0.2, 0.25) is 5.95 Å². The molecule has 0 fully saturated rings. The van der Waals surface area contributed by atoms with Crippen molar-refractivity contribution in [2.45, 2.75) is 0 Å². The summed E-state index contributed by atoms with van der Waals surface area (Å²) in [6, 6.07) is 66.2. The van der Waals surface area contributed by atoms with Gasteiger partial charge in [0, 0.05) is 32.7 Å². The summed E-state index contributed by atoms with van der Waals surface area (Å²) in [4.78, 5) is 16.0. The monoisotopic (exact) mass is 689 g/mol. The lowest BCUT2D eigenvalue weighted by molar-refractivity contribution is 0.952. The third-order valence-corrected chi connectivity index (χ3v) is 10.6. The van der Waals surface area contributed by atoms with E-state index >= 15 is 0 Å². The summed E-state index contributed by atoms with van der Waals surface area (Å²) >= 11 is 0. The van der Waals surface area contributed by atoms with Crippen molar-refractivity contribution in [3.8, 4) is 45.5 Å². The Kier molecular flexibility index (Phi) is 6.79. The third kappa shape index (κ3) is 4.76. The molecule has 5 nitrogen and oxygen atoms in total. The van der Waals surface area contributed by atoms with Crippen LogP contribution in [0.3, 0.4) is 0 Å². The van der Waals surface area contributed by atoms with E-state index in [1.165, 1.54) is 16.2 Å². The van der Waals surface area contributed by atoms with Crippen LogP contribution in [0.1, 0.15) is 0 Å². The van der Waals surface area contributed by atoms with E-state index in [0.717, 1.165) is 66.2 Å². The van der Waals surface area contributed by atoms with E-state index in [0.29, 0.717) is 17.6 Å². The quantitative estimate of drug-likeness (QED) is 0.181. The minimum Gasteiger partial charge on any atom is -0.309 e. The van der Waals surface area contributed by atoms with Crippen LogP contribution in [0.15, 0.2) is 188 Å². The highest BCUT2D eigenvalue weighted by Crippen LogP contribution is 2.38. The van der Waals surface area contributed by atoms with Gasteiger partial charge in [0.05, 0.1) is 27.8 Å². The number of hydrogen-bond acceptors (Lipinski definition) is 3. The molecule has 0 bridgehead atoms. The third-order valence-electron chi connectivity index (χ3n) is 10.6. The van der Waals surface area contributed by atoms with Gasteiger partial charge in [-0.3, -0.25) is 4.57 Å². The summed E-state index contributed by atoms with van der Waals surface area (Å²) in [6.07, 6.45) is 0. The molecule has 0 radical (unpaired) electrons. The average molecular weight is 690 g/mol. The molecular weight excluding hydrogens is 659 g/mol. The molecule has 3 heterocycles. The molecule has 0 unspecified atom stereocenters. The van der Waals surface area contributed by atoms with Crippen LogP contribution in [0, 0.1) is 0 Å². The summed E-state index contributed by atoms with van der Waals surface area (Å²) in [5.74, 6) is 1.78. The van der Waals surface area contributed by atoms with Gasteiger partial charge in [-0.25, -0.2) is 4.98 Å². The van der Waals surface area contributed by atoms with Gasteiger partial charge in [0.1, 0.15) is 0 Å². The summed E-state index contributed by atoms with van der Waals surface area (Å²) in [6.45, 7) is 0. The zero-order chi connectivity index (χ0) is 35.6. The van der Waals surface area contributed by atoms with Crippen molar-refractivity contribution >= 4 is 54.4 Å². The maximum atomic E-state index is 5.39. The minimum absolute atomic E-state index is 0.566. The van der Waals surface area contributed by atoms with Crippen molar-refractivity contribution in [1.29, 1.82) is 0 Å². The van der Waals surface area contributed by atoms with Gasteiger partial charge in [-0.1, -0.05) is 146 Å². The van der Waals surface area contributed by atoms with E-state index in [1.807, 2.05) is 0 Å². The predicted molar refractivity (Wildman–Crippen MR) is 222 cm³/mol. The molecule has 0 atom stereocenters. The van der Waals surface area contributed by atoms with Crippen LogP contribution >= 0.6 is 0 Å². The lowest BCUT2D eigenvalue weighted by Gasteiger charge is -2.15. The molecule has 0 aliphatic carbocycles. The Bertz CT molecular complexity index is 3170. The van der Waals surface area contributed by atoms with Crippen LogP contribution in [0.4, 0.5) is 0 Å². The zero-order valence-electron chi connectivity index (χ0n) is 29.1. The van der Waals surface area contributed by atoms with Crippen LogP contribution < -0.4 is 0 Å². The normalized spacial score (nSPS) is 11.7. The number of nitrogens with zero attached hydrogens (tertiary/aromatic N) is 5. The fraction of sp³-hybridized carbons (Fsp3) is 0. The van der Waals surface area contributed by atoms with E-state index in [9.17, 15) is 0 Å². The topological polar surface area (TPSA) is 48.5 Å². The maximum Gasteiger partial charge on any atom is 0.238 e. The molecule has 0 saturated heterocycles. The maximum absolute atomic E-state index is 5.39. The molecule has 252 valence electrons. The lowest BCUT2D eigenvalue weighted by Crippen LogP contribution is -2.08. The molecule has 0 aliphatic rings. The predicted octanol–water partition coefficient (Wildman–Crippen LogP) is 12.2. The van der Waals surface area contributed by atoms with Crippen LogP contribution in [-0.4, -0.2) is 24.1 Å². The molecule has 0 N–H and O–H groups in total. The van der Waals surface area contributed by atoms with Gasteiger partial charge in [-0.2, -0.15) is 9.97 Å². The Morgan fingerprint density at radius 1 is 0.315 bits per heavy atom. The first-order chi connectivity index (χ1) is 26.8. The van der Waals surface area contributed by atoms with Gasteiger partial charge < -0.3 is 4.57 Å². The van der Waals surface area contributed by atoms with E-state index in [1.54, 1.807) is 0 Å². The van der Waals surface area contributed by atoms with Gasteiger partial charge in [-0.05, 0) is 64.4 Å². The molecule has 0 amide bonds. The molecule has 11 rings (SSSR count). The minimum atomic E-state index is 0.566. The van der Waals surface area contributed by atoms with Crippen molar-refractivity contribution in [2.24, 2.45) is 0 Å². The van der Waals surface area contributed by atoms with Gasteiger partial charge >= 0.3 is 0 Å². The molecule has 3 aromatic heterocycles. The molecule has 0 spiro atoms. The first kappa shape index (κ1) is 30.3. The summed E-state index contributed by atoms with van der Waals surface area (Å²) in [5, 5.41) is 7.00. The Morgan fingerprint density at radius 2 is 0.870 bits per heavy atom. The average Bonchev–Trinajstić information content (AvgIpc) is 3.76. The van der Waals surface area contributed by atoms with Crippen LogP contribution in [0.2, 0.25) is 0 Å². The number of hydrogen-bond donors (Lipinski definition) is 0. The van der Waals surface area contributed by atoms with E-state index in [2.05, 4.69) is 197 Å². The lowest BCUT2D eigenvalue weighted by atomic mass is 10.0. The number of fused-ring (bicyclic) bond motifs is 7. The molecule has 11 aromatic rings. The Balaban J connectivity index is 1.22. The van der Waals surface area contributed by atoms with Crippen molar-refractivity contribution in [3.63, 3.8) is 0 Å². The molecule has 5 heteroatoms. The van der Waals surface area contributed by atoms with Crippen molar-refractivity contribution in [2.75, 3.05) is 0 Å². The molecular formula is C49H31N5. The van der Waals surface area contributed by atoms with E-state index in [-0.39, 0.29) is 0 Å². The smallest absolute Gasteiger partial charge is 0.238 e. The van der Waals surface area contributed by atoms with Crippen LogP contribution in [-0.2, 0) is 0 Å². The van der Waals surface area contributed by atoms with Gasteiger partial charge in [0.15, 0.2) is 11.6 Å².